The van der Waals surface area contributed by atoms with E-state index in [2.05, 4.69) is 0 Å². The van der Waals surface area contributed by atoms with Crippen LogP contribution < -0.4 is 0 Å². The summed E-state index contributed by atoms with van der Waals surface area (Å²) >= 11 is 0. The fourth-order valence-electron chi connectivity index (χ4n) is 1.08. The Kier molecular flexibility index (Phi) is 1.86. The zero-order valence-corrected chi connectivity index (χ0v) is 4.80. The fourth-order valence-corrected chi connectivity index (χ4v) is 1.08. The maximum Gasteiger partial charge on any atom is 0.0625 e. The minimum Gasteiger partial charge on any atom is -0.396 e. The lowest BCUT2D eigenvalue weighted by molar-refractivity contribution is 0.169. The Hall–Kier alpha value is -0.0800. The second-order valence-corrected chi connectivity index (χ2v) is 2.22. The van der Waals surface area contributed by atoms with Crippen molar-refractivity contribution in [2.75, 3.05) is 6.61 Å². The van der Waals surface area contributed by atoms with Crippen LogP contribution in [0.5, 0.6) is 0 Å². The van der Waals surface area contributed by atoms with E-state index in [9.17, 15) is 0 Å². The van der Waals surface area contributed by atoms with Gasteiger partial charge in [0.15, 0.2) is 0 Å². The molecule has 0 bridgehead atoms. The number of rotatable bonds is 1. The van der Waals surface area contributed by atoms with Gasteiger partial charge in [0.25, 0.3) is 0 Å². The number of hydrogen-bond donors (Lipinski definition) is 2. The summed E-state index contributed by atoms with van der Waals surface area (Å²) in [6.07, 6.45) is 2.49. The van der Waals surface area contributed by atoms with Crippen molar-refractivity contribution in [3.8, 4) is 0 Å². The van der Waals surface area contributed by atoms with E-state index in [0.717, 1.165) is 25.2 Å². The van der Waals surface area contributed by atoms with Crippen LogP contribution in [0.15, 0.2) is 0 Å². The summed E-state index contributed by atoms with van der Waals surface area (Å²) in [4.78, 5) is 0. The molecule has 1 fully saturated rings. The van der Waals surface area contributed by atoms with Crippen LogP contribution >= 0.6 is 0 Å². The van der Waals surface area contributed by atoms with Crippen LogP contribution in [-0.2, 0) is 0 Å². The molecular formula is C6H11O2. The van der Waals surface area contributed by atoms with Crippen LogP contribution in [0.1, 0.15) is 19.3 Å². The van der Waals surface area contributed by atoms with E-state index >= 15 is 0 Å². The van der Waals surface area contributed by atoms with Crippen LogP contribution in [0.2, 0.25) is 0 Å². The van der Waals surface area contributed by atoms with Crippen molar-refractivity contribution in [1.82, 2.24) is 0 Å². The van der Waals surface area contributed by atoms with Crippen LogP contribution in [0, 0.1) is 5.92 Å². The summed E-state index contributed by atoms with van der Waals surface area (Å²) in [6, 6.07) is 0. The normalized spacial score (nSPS) is 31.5. The molecule has 47 valence electrons. The van der Waals surface area contributed by atoms with Gasteiger partial charge in [-0.2, -0.15) is 0 Å². The zero-order valence-electron chi connectivity index (χ0n) is 4.80. The molecule has 0 saturated heterocycles. The van der Waals surface area contributed by atoms with Crippen molar-refractivity contribution >= 4 is 0 Å². The molecular weight excluding hydrogens is 104 g/mol. The first-order valence-electron chi connectivity index (χ1n) is 2.98. The van der Waals surface area contributed by atoms with Gasteiger partial charge in [-0.3, -0.25) is 0 Å². The van der Waals surface area contributed by atoms with Gasteiger partial charge < -0.3 is 10.2 Å². The number of aliphatic hydroxyl groups is 2. The monoisotopic (exact) mass is 115 g/mol. The third kappa shape index (κ3) is 1.01. The van der Waals surface area contributed by atoms with Gasteiger partial charge in [0.05, 0.1) is 12.7 Å². The summed E-state index contributed by atoms with van der Waals surface area (Å²) in [7, 11) is 0. The molecule has 0 aliphatic heterocycles. The van der Waals surface area contributed by atoms with Gasteiger partial charge in [0.1, 0.15) is 0 Å². The van der Waals surface area contributed by atoms with Gasteiger partial charge in [-0.25, -0.2) is 0 Å². The Balaban J connectivity index is 2.30. The molecule has 0 amide bonds. The van der Waals surface area contributed by atoms with Crippen molar-refractivity contribution < 1.29 is 10.2 Å². The first-order chi connectivity index (χ1) is 3.84. The Morgan fingerprint density at radius 2 is 2.38 bits per heavy atom. The maximum atomic E-state index is 8.99. The summed E-state index contributed by atoms with van der Waals surface area (Å²) in [6.45, 7) is 0.0706. The highest BCUT2D eigenvalue weighted by Gasteiger charge is 2.24. The van der Waals surface area contributed by atoms with E-state index in [1.807, 2.05) is 0 Å². The SMILES string of the molecule is OC[C]1CCCC1O. The molecule has 0 aromatic heterocycles. The van der Waals surface area contributed by atoms with Crippen LogP contribution in [0.25, 0.3) is 0 Å². The van der Waals surface area contributed by atoms with E-state index in [1.54, 1.807) is 0 Å². The highest BCUT2D eigenvalue weighted by atomic mass is 16.3. The standard InChI is InChI=1S/C6H11O2/c7-4-5-2-1-3-6(5)8/h6-8H,1-4H2. The van der Waals surface area contributed by atoms with Crippen molar-refractivity contribution in [3.05, 3.63) is 5.92 Å². The van der Waals surface area contributed by atoms with Crippen molar-refractivity contribution in [2.24, 2.45) is 0 Å². The molecule has 1 saturated carbocycles. The molecule has 1 unspecified atom stereocenters. The summed E-state index contributed by atoms with van der Waals surface area (Å²) in [5.74, 6) is 0.907. The first kappa shape index (κ1) is 6.05. The smallest absolute Gasteiger partial charge is 0.0625 e. The fraction of sp³-hybridized carbons (Fsp3) is 0.833. The summed E-state index contributed by atoms with van der Waals surface area (Å²) < 4.78 is 0. The predicted octanol–water partition coefficient (Wildman–Crippen LogP) is 0.0980. The molecule has 0 aromatic carbocycles. The average molecular weight is 115 g/mol. The minimum absolute atomic E-state index is 0.0706. The molecule has 0 spiro atoms. The zero-order chi connectivity index (χ0) is 5.98. The Bertz CT molecular complexity index is 72.9. The molecule has 1 aliphatic rings. The molecule has 1 rings (SSSR count). The predicted molar refractivity (Wildman–Crippen MR) is 30.2 cm³/mol. The molecule has 1 atom stereocenters. The van der Waals surface area contributed by atoms with Gasteiger partial charge in [0.2, 0.25) is 0 Å². The Morgan fingerprint density at radius 1 is 1.62 bits per heavy atom. The van der Waals surface area contributed by atoms with Gasteiger partial charge in [-0.1, -0.05) is 6.42 Å². The Morgan fingerprint density at radius 3 is 2.62 bits per heavy atom. The highest BCUT2D eigenvalue weighted by molar-refractivity contribution is 5.01. The lowest BCUT2D eigenvalue weighted by atomic mass is 10.1. The molecule has 1 radical (unpaired) electrons. The van der Waals surface area contributed by atoms with E-state index < -0.39 is 0 Å². The topological polar surface area (TPSA) is 40.5 Å². The first-order valence-corrected chi connectivity index (χ1v) is 2.98. The van der Waals surface area contributed by atoms with Gasteiger partial charge in [0, 0.05) is 5.92 Å². The lowest BCUT2D eigenvalue weighted by Crippen LogP contribution is -2.13. The van der Waals surface area contributed by atoms with E-state index in [4.69, 9.17) is 10.2 Å². The molecule has 8 heavy (non-hydrogen) atoms. The van der Waals surface area contributed by atoms with Crippen LogP contribution in [0.3, 0.4) is 0 Å². The second-order valence-electron chi connectivity index (χ2n) is 2.22. The Labute approximate surface area is 49.1 Å². The molecule has 2 N–H and O–H groups in total. The van der Waals surface area contributed by atoms with Crippen molar-refractivity contribution in [1.29, 1.82) is 0 Å². The van der Waals surface area contributed by atoms with E-state index in [1.165, 1.54) is 0 Å². The quantitative estimate of drug-likeness (QED) is 0.508. The lowest BCUT2D eigenvalue weighted by Gasteiger charge is -2.07. The molecule has 0 heterocycles. The minimum atomic E-state index is -0.306. The third-order valence-corrected chi connectivity index (χ3v) is 1.65. The third-order valence-electron chi connectivity index (χ3n) is 1.65. The number of aliphatic hydroxyl groups excluding tert-OH is 2. The molecule has 1 aliphatic carbocycles. The average Bonchev–Trinajstić information content (AvgIpc) is 2.14. The second kappa shape index (κ2) is 2.46. The summed E-state index contributed by atoms with van der Waals surface area (Å²) in [5.41, 5.74) is 0. The van der Waals surface area contributed by atoms with Crippen molar-refractivity contribution in [2.45, 2.75) is 25.4 Å². The largest absolute Gasteiger partial charge is 0.396 e. The molecule has 2 heteroatoms. The van der Waals surface area contributed by atoms with Gasteiger partial charge in [-0.05, 0) is 12.8 Å². The number of hydrogen-bond acceptors (Lipinski definition) is 2. The highest BCUT2D eigenvalue weighted by Crippen LogP contribution is 2.26. The van der Waals surface area contributed by atoms with Gasteiger partial charge in [-0.15, -0.1) is 0 Å². The molecule has 0 aromatic rings. The van der Waals surface area contributed by atoms with Crippen molar-refractivity contribution in [3.63, 3.8) is 0 Å². The molecule has 2 nitrogen and oxygen atoms in total. The van der Waals surface area contributed by atoms with Crippen LogP contribution in [0.4, 0.5) is 0 Å². The van der Waals surface area contributed by atoms with Gasteiger partial charge >= 0.3 is 0 Å². The van der Waals surface area contributed by atoms with Crippen LogP contribution in [-0.4, -0.2) is 22.9 Å². The van der Waals surface area contributed by atoms with E-state index in [-0.39, 0.29) is 12.7 Å². The maximum absolute atomic E-state index is 8.99. The van der Waals surface area contributed by atoms with E-state index in [0.29, 0.717) is 0 Å². The summed E-state index contributed by atoms with van der Waals surface area (Å²) in [5, 5.41) is 17.5.